The first-order valence-electron chi connectivity index (χ1n) is 39.9. The summed E-state index contributed by atoms with van der Waals surface area (Å²) in [5, 5.41) is 23.4. The number of ether oxygens (including phenoxy) is 1. The number of nitrogens with one attached hydrogen (secondary N) is 1. The third-order valence-electron chi connectivity index (χ3n) is 18.6. The van der Waals surface area contributed by atoms with Crippen molar-refractivity contribution in [2.24, 2.45) is 0 Å². The Bertz CT molecular complexity index is 1470. The maximum atomic E-state index is 12.5. The molecule has 0 radical (unpaired) electrons. The molecule has 2 atom stereocenters. The topological polar surface area (TPSA) is 95.9 Å². The second-order valence-electron chi connectivity index (χ2n) is 27.4. The average molecular weight is 1240 g/mol. The molecular weight excluding hydrogens is 1080 g/mol. The Hall–Kier alpha value is -2.18. The van der Waals surface area contributed by atoms with Crippen molar-refractivity contribution in [3.05, 3.63) is 48.6 Å². The van der Waals surface area contributed by atoms with Gasteiger partial charge in [-0.2, -0.15) is 0 Å². The lowest BCUT2D eigenvalue weighted by Gasteiger charge is -2.22. The molecule has 3 N–H and O–H groups in total. The van der Waals surface area contributed by atoms with Crippen LogP contribution in [0.5, 0.6) is 0 Å². The van der Waals surface area contributed by atoms with E-state index in [0.717, 1.165) is 57.8 Å². The number of hydrogen-bond donors (Lipinski definition) is 3. The van der Waals surface area contributed by atoms with Crippen LogP contribution in [-0.4, -0.2) is 47.4 Å². The Labute approximate surface area is 550 Å². The highest BCUT2D eigenvalue weighted by atomic mass is 16.5. The first-order chi connectivity index (χ1) is 43.5. The summed E-state index contributed by atoms with van der Waals surface area (Å²) in [6, 6.07) is -0.540. The van der Waals surface area contributed by atoms with Crippen LogP contribution in [0.3, 0.4) is 0 Å². The van der Waals surface area contributed by atoms with Crippen molar-refractivity contribution in [3.8, 4) is 0 Å². The summed E-state index contributed by atoms with van der Waals surface area (Å²) in [4.78, 5) is 24.6. The van der Waals surface area contributed by atoms with Crippen molar-refractivity contribution < 1.29 is 24.5 Å². The molecular formula is C82H155NO5. The molecule has 0 rings (SSSR count). The normalized spacial score (nSPS) is 12.7. The first kappa shape index (κ1) is 85.8. The SMILES string of the molecule is CCCCCC/C=C\C/C=C\CCCCCCCC(=O)OCCCCCCCCCCCCCCCCC/C=C\C/C=C\CCCCCCCCCCCCCCCCCCCC(=O)NC(CO)C(O)CCCCCCCCCCCCCCCCCC. The highest BCUT2D eigenvalue weighted by Gasteiger charge is 2.20. The van der Waals surface area contributed by atoms with E-state index in [2.05, 4.69) is 67.8 Å². The minimum atomic E-state index is -0.663. The van der Waals surface area contributed by atoms with Gasteiger partial charge in [0.2, 0.25) is 5.91 Å². The van der Waals surface area contributed by atoms with Gasteiger partial charge in [0.05, 0.1) is 25.4 Å². The van der Waals surface area contributed by atoms with Gasteiger partial charge in [-0.3, -0.25) is 9.59 Å². The van der Waals surface area contributed by atoms with Gasteiger partial charge in [-0.05, 0) is 89.9 Å². The van der Waals surface area contributed by atoms with Gasteiger partial charge in [0.1, 0.15) is 0 Å². The minimum absolute atomic E-state index is 0.00717. The number of carbonyl (C=O) groups excluding carboxylic acids is 2. The number of aliphatic hydroxyl groups is 2. The fourth-order valence-corrected chi connectivity index (χ4v) is 12.5. The molecule has 0 aromatic carbocycles. The molecule has 0 spiro atoms. The maximum Gasteiger partial charge on any atom is 0.305 e. The molecule has 0 aromatic rings. The van der Waals surface area contributed by atoms with Crippen LogP contribution in [0.2, 0.25) is 0 Å². The summed E-state index contributed by atoms with van der Waals surface area (Å²) in [6.45, 7) is 4.97. The standard InChI is InChI=1S/C82H155NO5/c1-3-5-7-9-11-13-15-17-19-46-50-54-58-62-66-70-74-80(85)79(78-84)83-81(86)75-71-67-63-59-55-51-47-44-42-40-38-36-34-32-30-28-26-24-22-21-23-25-27-29-31-33-35-37-39-41-43-45-49-53-57-61-65-69-73-77-88-82(87)76-72-68-64-60-56-52-48-20-18-16-14-12-10-8-6-4-2/h14,16,20-22,25,27,48,79-80,84-85H,3-13,15,17-19,23-24,26,28-47,49-78H2,1-2H3,(H,83,86)/b16-14-,22-21-,27-25-,48-20-. The Morgan fingerprint density at radius 2 is 0.568 bits per heavy atom. The van der Waals surface area contributed by atoms with E-state index in [1.807, 2.05) is 0 Å². The highest BCUT2D eigenvalue weighted by Crippen LogP contribution is 2.19. The third kappa shape index (κ3) is 72.9. The zero-order valence-corrected chi connectivity index (χ0v) is 59.5. The largest absolute Gasteiger partial charge is 0.466 e. The van der Waals surface area contributed by atoms with E-state index >= 15 is 0 Å². The van der Waals surface area contributed by atoms with Crippen molar-refractivity contribution in [3.63, 3.8) is 0 Å². The van der Waals surface area contributed by atoms with Crippen molar-refractivity contribution in [2.45, 2.75) is 450 Å². The molecule has 1 amide bonds. The molecule has 0 aromatic heterocycles. The molecule has 0 saturated carbocycles. The summed E-state index contributed by atoms with van der Waals surface area (Å²) in [7, 11) is 0. The lowest BCUT2D eigenvalue weighted by molar-refractivity contribution is -0.143. The minimum Gasteiger partial charge on any atom is -0.466 e. The summed E-state index contributed by atoms with van der Waals surface area (Å²) in [5.74, 6) is -0.0214. The highest BCUT2D eigenvalue weighted by molar-refractivity contribution is 5.76. The van der Waals surface area contributed by atoms with Crippen LogP contribution in [-0.2, 0) is 14.3 Å². The van der Waals surface area contributed by atoms with Crippen molar-refractivity contribution >= 4 is 11.9 Å². The molecule has 0 saturated heterocycles. The van der Waals surface area contributed by atoms with Gasteiger partial charge in [-0.25, -0.2) is 0 Å². The van der Waals surface area contributed by atoms with Crippen molar-refractivity contribution in [1.82, 2.24) is 5.32 Å². The van der Waals surface area contributed by atoms with Gasteiger partial charge in [0, 0.05) is 12.8 Å². The molecule has 518 valence electrons. The Morgan fingerprint density at radius 1 is 0.318 bits per heavy atom. The fraction of sp³-hybridized carbons (Fsp3) is 0.878. The van der Waals surface area contributed by atoms with Crippen LogP contribution < -0.4 is 5.32 Å². The van der Waals surface area contributed by atoms with Crippen LogP contribution in [0.4, 0.5) is 0 Å². The Balaban J connectivity index is 3.35. The van der Waals surface area contributed by atoms with Gasteiger partial charge in [0.15, 0.2) is 0 Å². The molecule has 2 unspecified atom stereocenters. The number of allylic oxidation sites excluding steroid dienone is 8. The van der Waals surface area contributed by atoms with Crippen LogP contribution in [0.1, 0.15) is 438 Å². The van der Waals surface area contributed by atoms with E-state index in [9.17, 15) is 19.8 Å². The molecule has 0 aliphatic heterocycles. The Kier molecular flexibility index (Phi) is 75.4. The lowest BCUT2D eigenvalue weighted by Crippen LogP contribution is -2.45. The van der Waals surface area contributed by atoms with E-state index in [1.165, 1.54) is 347 Å². The van der Waals surface area contributed by atoms with Crippen LogP contribution in [0, 0.1) is 0 Å². The van der Waals surface area contributed by atoms with Gasteiger partial charge in [-0.1, -0.05) is 383 Å². The van der Waals surface area contributed by atoms with Crippen LogP contribution in [0.15, 0.2) is 48.6 Å². The van der Waals surface area contributed by atoms with E-state index in [0.29, 0.717) is 25.9 Å². The van der Waals surface area contributed by atoms with Gasteiger partial charge >= 0.3 is 5.97 Å². The van der Waals surface area contributed by atoms with E-state index in [1.54, 1.807) is 0 Å². The summed E-state index contributed by atoms with van der Waals surface area (Å²) in [5.41, 5.74) is 0. The zero-order chi connectivity index (χ0) is 63.5. The van der Waals surface area contributed by atoms with E-state index in [4.69, 9.17) is 4.74 Å². The number of carbonyl (C=O) groups is 2. The molecule has 0 heterocycles. The summed E-state index contributed by atoms with van der Waals surface area (Å²) < 4.78 is 5.50. The molecule has 6 nitrogen and oxygen atoms in total. The number of amides is 1. The first-order valence-corrected chi connectivity index (χ1v) is 39.9. The molecule has 0 aliphatic rings. The number of hydrogen-bond acceptors (Lipinski definition) is 5. The smallest absolute Gasteiger partial charge is 0.305 e. The van der Waals surface area contributed by atoms with Crippen LogP contribution >= 0.6 is 0 Å². The van der Waals surface area contributed by atoms with Gasteiger partial charge in [0.25, 0.3) is 0 Å². The predicted octanol–water partition coefficient (Wildman–Crippen LogP) is 26.4. The zero-order valence-electron chi connectivity index (χ0n) is 59.5. The number of esters is 1. The quantitative estimate of drug-likeness (QED) is 0.0320. The second-order valence-corrected chi connectivity index (χ2v) is 27.4. The number of unbranched alkanes of at least 4 members (excludes halogenated alkanes) is 56. The summed E-state index contributed by atoms with van der Waals surface area (Å²) in [6.07, 6.45) is 102. The molecule has 6 heteroatoms. The average Bonchev–Trinajstić information content (AvgIpc) is 3.58. The molecule has 0 bridgehead atoms. The van der Waals surface area contributed by atoms with Gasteiger partial charge in [-0.15, -0.1) is 0 Å². The molecule has 0 aliphatic carbocycles. The van der Waals surface area contributed by atoms with E-state index < -0.39 is 12.1 Å². The third-order valence-corrected chi connectivity index (χ3v) is 18.6. The molecule has 88 heavy (non-hydrogen) atoms. The lowest BCUT2D eigenvalue weighted by atomic mass is 10.0. The number of aliphatic hydroxyl groups excluding tert-OH is 2. The molecule has 0 fully saturated rings. The van der Waals surface area contributed by atoms with Crippen molar-refractivity contribution in [1.29, 1.82) is 0 Å². The number of rotatable bonds is 75. The predicted molar refractivity (Wildman–Crippen MR) is 389 cm³/mol. The van der Waals surface area contributed by atoms with Crippen molar-refractivity contribution in [2.75, 3.05) is 13.2 Å². The second kappa shape index (κ2) is 77.3. The summed E-state index contributed by atoms with van der Waals surface area (Å²) >= 11 is 0. The van der Waals surface area contributed by atoms with E-state index in [-0.39, 0.29) is 18.5 Å². The van der Waals surface area contributed by atoms with Gasteiger partial charge < -0.3 is 20.3 Å². The Morgan fingerprint density at radius 3 is 0.875 bits per heavy atom. The monoisotopic (exact) mass is 1230 g/mol. The maximum absolute atomic E-state index is 12.5. The van der Waals surface area contributed by atoms with Crippen LogP contribution in [0.25, 0.3) is 0 Å². The fourth-order valence-electron chi connectivity index (χ4n) is 12.5.